The molecule has 0 unspecified atom stereocenters. The van der Waals surface area contributed by atoms with Gasteiger partial charge in [-0.2, -0.15) is 0 Å². The van der Waals surface area contributed by atoms with Crippen molar-refractivity contribution in [2.24, 2.45) is 0 Å². The molecule has 0 radical (unpaired) electrons. The number of fused-ring (bicyclic) bond motifs is 1. The Morgan fingerprint density at radius 2 is 1.50 bits per heavy atom. The van der Waals surface area contributed by atoms with Crippen molar-refractivity contribution in [1.82, 2.24) is 29.6 Å². The number of hydrogen-bond donors (Lipinski definition) is 3. The van der Waals surface area contributed by atoms with Crippen molar-refractivity contribution < 1.29 is 14.7 Å². The number of hydrogen-bond acceptors (Lipinski definition) is 5. The Balaban J connectivity index is 1.13. The van der Waals surface area contributed by atoms with Crippen LogP contribution >= 0.6 is 31.9 Å². The first-order valence-electron chi connectivity index (χ1n) is 15.7. The van der Waals surface area contributed by atoms with E-state index in [0.717, 1.165) is 42.5 Å². The second-order valence-corrected chi connectivity index (χ2v) is 14.0. The lowest BCUT2D eigenvalue weighted by molar-refractivity contribution is -0.134. The molecule has 236 valence electrons. The third-order valence-corrected chi connectivity index (χ3v) is 10.7. The molecule has 3 fully saturated rings. The van der Waals surface area contributed by atoms with Gasteiger partial charge in [-0.1, -0.05) is 18.6 Å². The summed E-state index contributed by atoms with van der Waals surface area (Å²) in [6.45, 7) is 4.63. The zero-order valence-electron chi connectivity index (χ0n) is 24.8. The predicted molar refractivity (Wildman–Crippen MR) is 177 cm³/mol. The molecule has 3 aromatic rings. The SMILES string of the molecule is O=C(N[C@H](Cc1cc(Br)c(O)c(Br)c1)C(=O)N1CCC(N2CCCCC2)CC1)N1CCC(n2c(=O)[nH]c3ccccc32)CC1. The van der Waals surface area contributed by atoms with Crippen molar-refractivity contribution in [1.29, 1.82) is 0 Å². The number of imidazole rings is 1. The molecule has 1 atom stereocenters. The maximum absolute atomic E-state index is 14.0. The number of phenols is 1. The number of urea groups is 1. The van der Waals surface area contributed by atoms with Gasteiger partial charge in [-0.15, -0.1) is 0 Å². The van der Waals surface area contributed by atoms with Gasteiger partial charge in [0, 0.05) is 44.7 Å². The number of H-pyrrole nitrogens is 1. The Labute approximate surface area is 274 Å². The summed E-state index contributed by atoms with van der Waals surface area (Å²) in [5.74, 6) is 0.0219. The van der Waals surface area contributed by atoms with E-state index in [1.54, 1.807) is 17.0 Å². The van der Waals surface area contributed by atoms with Gasteiger partial charge in [-0.3, -0.25) is 9.36 Å². The van der Waals surface area contributed by atoms with Crippen LogP contribution in [-0.4, -0.2) is 92.6 Å². The first-order valence-corrected chi connectivity index (χ1v) is 17.3. The molecule has 3 saturated heterocycles. The number of aromatic hydroxyl groups is 1. The maximum Gasteiger partial charge on any atom is 0.326 e. The Morgan fingerprint density at radius 1 is 0.886 bits per heavy atom. The monoisotopic (exact) mass is 730 g/mol. The molecule has 3 N–H and O–H groups in total. The number of halogens is 2. The molecule has 3 aliphatic rings. The molecule has 0 aliphatic carbocycles. The minimum Gasteiger partial charge on any atom is -0.506 e. The quantitative estimate of drug-likeness (QED) is 0.331. The van der Waals surface area contributed by atoms with Gasteiger partial charge in [0.15, 0.2) is 0 Å². The summed E-state index contributed by atoms with van der Waals surface area (Å²) in [6, 6.07) is 10.7. The van der Waals surface area contributed by atoms with E-state index in [-0.39, 0.29) is 29.4 Å². The largest absolute Gasteiger partial charge is 0.506 e. The Morgan fingerprint density at radius 3 is 2.18 bits per heavy atom. The third kappa shape index (κ3) is 6.72. The molecule has 0 bridgehead atoms. The van der Waals surface area contributed by atoms with E-state index >= 15 is 0 Å². The molecule has 0 spiro atoms. The average molecular weight is 733 g/mol. The number of para-hydroxylation sites is 2. The van der Waals surface area contributed by atoms with Crippen molar-refractivity contribution in [3.63, 3.8) is 0 Å². The fourth-order valence-corrected chi connectivity index (χ4v) is 8.41. The van der Waals surface area contributed by atoms with Crippen LogP contribution in [0.3, 0.4) is 0 Å². The molecule has 1 aromatic heterocycles. The number of aromatic nitrogens is 2. The molecular formula is C32H40Br2N6O4. The van der Waals surface area contributed by atoms with E-state index in [0.29, 0.717) is 60.4 Å². The first-order chi connectivity index (χ1) is 21.3. The summed E-state index contributed by atoms with van der Waals surface area (Å²) in [5.41, 5.74) is 2.38. The van der Waals surface area contributed by atoms with Gasteiger partial charge in [-0.05, 0) is 113 Å². The van der Waals surface area contributed by atoms with Crippen LogP contribution in [-0.2, 0) is 11.2 Å². The number of rotatable bonds is 6. The second kappa shape index (κ2) is 13.7. The van der Waals surface area contributed by atoms with Crippen LogP contribution in [0.5, 0.6) is 5.75 Å². The van der Waals surface area contributed by atoms with Gasteiger partial charge in [0.25, 0.3) is 0 Å². The highest BCUT2D eigenvalue weighted by Crippen LogP contribution is 2.34. The average Bonchev–Trinajstić information content (AvgIpc) is 3.39. The number of nitrogens with zero attached hydrogens (tertiary/aromatic N) is 4. The fraction of sp³-hybridized carbons (Fsp3) is 0.531. The van der Waals surface area contributed by atoms with Gasteiger partial charge in [0.2, 0.25) is 5.91 Å². The van der Waals surface area contributed by atoms with E-state index in [1.807, 2.05) is 33.7 Å². The highest BCUT2D eigenvalue weighted by atomic mass is 79.9. The number of amides is 3. The zero-order valence-corrected chi connectivity index (χ0v) is 28.0. The Bertz CT molecular complexity index is 1530. The van der Waals surface area contributed by atoms with Crippen LogP contribution in [0.2, 0.25) is 0 Å². The molecule has 2 aromatic carbocycles. The van der Waals surface area contributed by atoms with Crippen molar-refractivity contribution in [2.45, 2.75) is 69.5 Å². The number of benzene rings is 2. The van der Waals surface area contributed by atoms with Crippen LogP contribution in [0, 0.1) is 0 Å². The van der Waals surface area contributed by atoms with Crippen molar-refractivity contribution in [3.8, 4) is 5.75 Å². The van der Waals surface area contributed by atoms with Gasteiger partial charge in [0.1, 0.15) is 11.8 Å². The number of carbonyl (C=O) groups is 2. The van der Waals surface area contributed by atoms with E-state index in [2.05, 4.69) is 47.1 Å². The molecule has 3 aliphatic heterocycles. The number of likely N-dealkylation sites (tertiary alicyclic amines) is 3. The summed E-state index contributed by atoms with van der Waals surface area (Å²) in [7, 11) is 0. The molecular weight excluding hydrogens is 692 g/mol. The summed E-state index contributed by atoms with van der Waals surface area (Å²) >= 11 is 6.80. The fourth-order valence-electron chi connectivity index (χ4n) is 7.13. The number of nitrogens with one attached hydrogen (secondary N) is 2. The van der Waals surface area contributed by atoms with Crippen molar-refractivity contribution in [2.75, 3.05) is 39.3 Å². The predicted octanol–water partition coefficient (Wildman–Crippen LogP) is 4.99. The lowest BCUT2D eigenvalue weighted by Gasteiger charge is -2.41. The molecule has 10 nitrogen and oxygen atoms in total. The summed E-state index contributed by atoms with van der Waals surface area (Å²) in [4.78, 5) is 49.5. The number of phenolic OH excluding ortho intramolecular Hbond substituents is 1. The van der Waals surface area contributed by atoms with Gasteiger partial charge in [0.05, 0.1) is 20.0 Å². The van der Waals surface area contributed by atoms with Crippen molar-refractivity contribution >= 4 is 54.8 Å². The third-order valence-electron chi connectivity index (χ3n) is 9.54. The van der Waals surface area contributed by atoms with Crippen LogP contribution in [0.1, 0.15) is 56.6 Å². The molecule has 3 amide bonds. The minimum atomic E-state index is -0.744. The zero-order chi connectivity index (χ0) is 30.8. The molecule has 0 saturated carbocycles. The van der Waals surface area contributed by atoms with Crippen molar-refractivity contribution in [3.05, 3.63) is 61.4 Å². The van der Waals surface area contributed by atoms with Crippen LogP contribution in [0.25, 0.3) is 11.0 Å². The standard InChI is InChI=1S/C32H40Br2N6O4/c33-24-18-21(19-25(34)29(24)41)20-27(30(42)38-14-8-22(9-15-38)37-12-4-1-5-13-37)36-31(43)39-16-10-23(11-17-39)40-28-7-3-2-6-26(28)35-32(40)44/h2-3,6-7,18-19,22-23,27,41H,1,4-5,8-17,20H2,(H,35,44)(H,36,43)/t27-/m1/s1. The normalized spacial score (nSPS) is 19.8. The lowest BCUT2D eigenvalue weighted by atomic mass is 9.98. The Hall–Kier alpha value is -2.83. The van der Waals surface area contributed by atoms with Gasteiger partial charge in [-0.25, -0.2) is 9.59 Å². The minimum absolute atomic E-state index is 0.00646. The van der Waals surface area contributed by atoms with Gasteiger partial charge < -0.3 is 30.1 Å². The summed E-state index contributed by atoms with van der Waals surface area (Å²) < 4.78 is 2.86. The highest BCUT2D eigenvalue weighted by Gasteiger charge is 2.34. The van der Waals surface area contributed by atoms with E-state index in [1.165, 1.54) is 19.3 Å². The van der Waals surface area contributed by atoms with E-state index in [9.17, 15) is 19.5 Å². The van der Waals surface area contributed by atoms with E-state index in [4.69, 9.17) is 0 Å². The Kier molecular flexibility index (Phi) is 9.68. The highest BCUT2D eigenvalue weighted by molar-refractivity contribution is 9.11. The molecule has 44 heavy (non-hydrogen) atoms. The lowest BCUT2D eigenvalue weighted by Crippen LogP contribution is -2.56. The van der Waals surface area contributed by atoms with E-state index < -0.39 is 6.04 Å². The summed E-state index contributed by atoms with van der Waals surface area (Å²) in [5, 5.41) is 13.3. The van der Waals surface area contributed by atoms with Crippen LogP contribution in [0.4, 0.5) is 4.79 Å². The molecule has 4 heterocycles. The molecule has 6 rings (SSSR count). The first kappa shape index (κ1) is 31.2. The van der Waals surface area contributed by atoms with Crippen LogP contribution < -0.4 is 11.0 Å². The second-order valence-electron chi connectivity index (χ2n) is 12.3. The smallest absolute Gasteiger partial charge is 0.326 e. The van der Waals surface area contributed by atoms with Crippen LogP contribution in [0.15, 0.2) is 50.1 Å². The molecule has 12 heteroatoms. The topological polar surface area (TPSA) is 114 Å². The van der Waals surface area contributed by atoms with Gasteiger partial charge >= 0.3 is 11.7 Å². The number of carbonyl (C=O) groups excluding carboxylic acids is 2. The number of piperidine rings is 3. The summed E-state index contributed by atoms with van der Waals surface area (Å²) in [6.07, 6.45) is 7.30. The number of aromatic amines is 1. The maximum atomic E-state index is 14.0.